The molecule has 0 radical (unpaired) electrons. The summed E-state index contributed by atoms with van der Waals surface area (Å²) < 4.78 is 0. The molecule has 0 bridgehead atoms. The Hall–Kier alpha value is -2.69. The van der Waals surface area contributed by atoms with Gasteiger partial charge in [-0.05, 0) is 49.1 Å². The quantitative estimate of drug-likeness (QED) is 0.917. The lowest BCUT2D eigenvalue weighted by Gasteiger charge is -2.21. The zero-order valence-corrected chi connectivity index (χ0v) is 14.8. The zero-order chi connectivity index (χ0) is 17.9. The first-order valence-electron chi connectivity index (χ1n) is 9.38. The summed E-state index contributed by atoms with van der Waals surface area (Å²) in [5, 5.41) is 3.05. The molecule has 134 valence electrons. The topological polar surface area (TPSA) is 62.3 Å². The van der Waals surface area contributed by atoms with Crippen molar-refractivity contribution in [3.05, 3.63) is 53.9 Å². The highest BCUT2D eigenvalue weighted by atomic mass is 16.2. The molecule has 0 unspecified atom stereocenters. The van der Waals surface area contributed by atoms with Crippen LogP contribution in [-0.2, 0) is 11.2 Å². The molecule has 5 heteroatoms. The lowest BCUT2D eigenvalue weighted by atomic mass is 9.88. The van der Waals surface area contributed by atoms with Crippen molar-refractivity contribution in [2.45, 2.75) is 38.5 Å². The minimum Gasteiger partial charge on any atom is -0.326 e. The Morgan fingerprint density at radius 3 is 2.58 bits per heavy atom. The first-order valence-corrected chi connectivity index (χ1v) is 9.38. The van der Waals surface area contributed by atoms with Crippen LogP contribution >= 0.6 is 0 Å². The molecule has 1 aromatic carbocycles. The summed E-state index contributed by atoms with van der Waals surface area (Å²) in [6.07, 6.45) is 9.55. The van der Waals surface area contributed by atoms with E-state index in [1.807, 2.05) is 18.2 Å². The molecule has 5 nitrogen and oxygen atoms in total. The molecule has 1 fully saturated rings. The van der Waals surface area contributed by atoms with Crippen LogP contribution in [0.25, 0.3) is 0 Å². The second kappa shape index (κ2) is 7.28. The van der Waals surface area contributed by atoms with E-state index in [9.17, 15) is 9.59 Å². The van der Waals surface area contributed by atoms with Gasteiger partial charge < -0.3 is 10.2 Å². The second-order valence-corrected chi connectivity index (χ2v) is 7.11. The van der Waals surface area contributed by atoms with Crippen molar-refractivity contribution >= 4 is 23.2 Å². The fourth-order valence-electron chi connectivity index (χ4n) is 3.93. The van der Waals surface area contributed by atoms with Gasteiger partial charge in [-0.1, -0.05) is 25.3 Å². The van der Waals surface area contributed by atoms with Crippen LogP contribution in [0.4, 0.5) is 11.4 Å². The molecule has 0 saturated heterocycles. The van der Waals surface area contributed by atoms with Crippen molar-refractivity contribution < 1.29 is 9.59 Å². The Balaban J connectivity index is 1.52. The summed E-state index contributed by atoms with van der Waals surface area (Å²) in [6, 6.07) is 9.36. The molecule has 2 amide bonds. The van der Waals surface area contributed by atoms with Gasteiger partial charge in [-0.2, -0.15) is 0 Å². The highest BCUT2D eigenvalue weighted by molar-refractivity contribution is 6.07. The minimum absolute atomic E-state index is 0.0260. The molecule has 0 spiro atoms. The van der Waals surface area contributed by atoms with E-state index in [4.69, 9.17) is 0 Å². The Bertz CT molecular complexity index is 813. The average molecular weight is 349 g/mol. The lowest BCUT2D eigenvalue weighted by molar-refractivity contribution is -0.120. The molecule has 1 N–H and O–H groups in total. The summed E-state index contributed by atoms with van der Waals surface area (Å²) in [4.78, 5) is 31.1. The first-order chi connectivity index (χ1) is 12.7. The number of aromatic nitrogens is 1. The van der Waals surface area contributed by atoms with Crippen molar-refractivity contribution in [3.63, 3.8) is 0 Å². The van der Waals surface area contributed by atoms with Gasteiger partial charge in [0.05, 0.1) is 0 Å². The summed E-state index contributed by atoms with van der Waals surface area (Å²) in [5.41, 5.74) is 3.44. The maximum absolute atomic E-state index is 12.8. The van der Waals surface area contributed by atoms with Crippen molar-refractivity contribution in [2.75, 3.05) is 16.8 Å². The van der Waals surface area contributed by atoms with Crippen LogP contribution in [0.1, 0.15) is 48.0 Å². The molecule has 2 heterocycles. The van der Waals surface area contributed by atoms with Crippen molar-refractivity contribution in [2.24, 2.45) is 5.92 Å². The molecule has 26 heavy (non-hydrogen) atoms. The maximum atomic E-state index is 12.8. The minimum atomic E-state index is -0.0260. The number of hydrogen-bond acceptors (Lipinski definition) is 3. The number of amides is 2. The third-order valence-electron chi connectivity index (χ3n) is 5.40. The van der Waals surface area contributed by atoms with Gasteiger partial charge >= 0.3 is 0 Å². The largest absolute Gasteiger partial charge is 0.326 e. The van der Waals surface area contributed by atoms with E-state index in [1.54, 1.807) is 29.4 Å². The first kappa shape index (κ1) is 16.8. The predicted molar refractivity (Wildman–Crippen MR) is 101 cm³/mol. The SMILES string of the molecule is O=C(Nc1ccc2c(c1)N(C(=O)c1ccncc1)CC2)C1CCCCC1. The van der Waals surface area contributed by atoms with Crippen molar-refractivity contribution in [1.82, 2.24) is 4.98 Å². The van der Waals surface area contributed by atoms with Crippen LogP contribution in [0.2, 0.25) is 0 Å². The highest BCUT2D eigenvalue weighted by Gasteiger charge is 2.27. The van der Waals surface area contributed by atoms with Gasteiger partial charge in [0, 0.05) is 41.8 Å². The van der Waals surface area contributed by atoms with E-state index < -0.39 is 0 Å². The van der Waals surface area contributed by atoms with Crippen LogP contribution in [0.3, 0.4) is 0 Å². The van der Waals surface area contributed by atoms with Crippen LogP contribution in [0.15, 0.2) is 42.7 Å². The lowest BCUT2D eigenvalue weighted by Crippen LogP contribution is -2.29. The van der Waals surface area contributed by atoms with Gasteiger partial charge in [0.2, 0.25) is 5.91 Å². The Labute approximate surface area is 153 Å². The number of rotatable bonds is 3. The molecule has 1 aromatic heterocycles. The van der Waals surface area contributed by atoms with E-state index >= 15 is 0 Å². The fraction of sp³-hybridized carbons (Fsp3) is 0.381. The Morgan fingerprint density at radius 1 is 1.04 bits per heavy atom. The summed E-state index contributed by atoms with van der Waals surface area (Å²) in [7, 11) is 0. The van der Waals surface area contributed by atoms with Gasteiger partial charge in [0.25, 0.3) is 5.91 Å². The van der Waals surface area contributed by atoms with Crippen molar-refractivity contribution in [1.29, 1.82) is 0 Å². The zero-order valence-electron chi connectivity index (χ0n) is 14.8. The summed E-state index contributed by atoms with van der Waals surface area (Å²) in [5.74, 6) is 0.197. The molecule has 2 aromatic rings. The summed E-state index contributed by atoms with van der Waals surface area (Å²) in [6.45, 7) is 0.663. The molecule has 0 atom stereocenters. The number of hydrogen-bond donors (Lipinski definition) is 1. The van der Waals surface area contributed by atoms with E-state index in [-0.39, 0.29) is 17.7 Å². The predicted octanol–water partition coefficient (Wildman–Crippen LogP) is 3.80. The van der Waals surface area contributed by atoms with Crippen LogP contribution < -0.4 is 10.2 Å². The third-order valence-corrected chi connectivity index (χ3v) is 5.40. The van der Waals surface area contributed by atoms with Gasteiger partial charge in [-0.25, -0.2) is 0 Å². The molecule has 1 aliphatic carbocycles. The van der Waals surface area contributed by atoms with Crippen molar-refractivity contribution in [3.8, 4) is 0 Å². The van der Waals surface area contributed by atoms with E-state index in [0.29, 0.717) is 12.1 Å². The number of pyridine rings is 1. The van der Waals surface area contributed by atoms with E-state index in [2.05, 4.69) is 10.3 Å². The molecule has 4 rings (SSSR count). The number of benzene rings is 1. The number of fused-ring (bicyclic) bond motifs is 1. The van der Waals surface area contributed by atoms with E-state index in [0.717, 1.165) is 49.0 Å². The monoisotopic (exact) mass is 349 g/mol. The molecule has 2 aliphatic rings. The van der Waals surface area contributed by atoms with Crippen LogP contribution in [0.5, 0.6) is 0 Å². The van der Waals surface area contributed by atoms with Gasteiger partial charge in [-0.3, -0.25) is 14.6 Å². The maximum Gasteiger partial charge on any atom is 0.258 e. The average Bonchev–Trinajstić information content (AvgIpc) is 3.12. The standard InChI is InChI=1S/C21H23N3O2/c25-20(16-4-2-1-3-5-16)23-18-7-6-15-10-13-24(19(15)14-18)21(26)17-8-11-22-12-9-17/h6-9,11-12,14,16H,1-5,10,13H2,(H,23,25). The molecule has 1 aliphatic heterocycles. The Morgan fingerprint density at radius 2 is 1.81 bits per heavy atom. The molecular formula is C21H23N3O2. The van der Waals surface area contributed by atoms with E-state index in [1.165, 1.54) is 6.42 Å². The smallest absolute Gasteiger partial charge is 0.258 e. The number of carbonyl (C=O) groups excluding carboxylic acids is 2. The number of nitrogens with zero attached hydrogens (tertiary/aromatic N) is 2. The fourth-order valence-corrected chi connectivity index (χ4v) is 3.93. The Kier molecular flexibility index (Phi) is 4.69. The highest BCUT2D eigenvalue weighted by Crippen LogP contribution is 2.33. The number of anilines is 2. The normalized spacial score (nSPS) is 17.0. The van der Waals surface area contributed by atoms with Crippen LogP contribution in [-0.4, -0.2) is 23.3 Å². The third kappa shape index (κ3) is 3.34. The number of carbonyl (C=O) groups is 2. The second-order valence-electron chi connectivity index (χ2n) is 7.11. The van der Waals surface area contributed by atoms with Gasteiger partial charge in [0.1, 0.15) is 0 Å². The summed E-state index contributed by atoms with van der Waals surface area (Å²) >= 11 is 0. The van der Waals surface area contributed by atoms with Crippen LogP contribution in [0, 0.1) is 5.92 Å². The molecule has 1 saturated carbocycles. The number of nitrogens with one attached hydrogen (secondary N) is 1. The van der Waals surface area contributed by atoms with Gasteiger partial charge in [-0.15, -0.1) is 0 Å². The van der Waals surface area contributed by atoms with Gasteiger partial charge in [0.15, 0.2) is 0 Å². The molecular weight excluding hydrogens is 326 g/mol.